The first kappa shape index (κ1) is 16.2. The molecule has 5 heteroatoms. The van der Waals surface area contributed by atoms with Crippen molar-refractivity contribution < 1.29 is 19.3 Å². The summed E-state index contributed by atoms with van der Waals surface area (Å²) in [7, 11) is 3.06. The Labute approximate surface area is 119 Å². The van der Waals surface area contributed by atoms with Crippen molar-refractivity contribution in [3.8, 4) is 0 Å². The maximum absolute atomic E-state index is 5.30. The van der Waals surface area contributed by atoms with Crippen molar-refractivity contribution in [3.05, 3.63) is 41.7 Å². The summed E-state index contributed by atoms with van der Waals surface area (Å²) in [5.74, 6) is 0. The van der Waals surface area contributed by atoms with Crippen LogP contribution in [0.1, 0.15) is 25.0 Å². The summed E-state index contributed by atoms with van der Waals surface area (Å²) in [4.78, 5) is 14.9. The fourth-order valence-electron chi connectivity index (χ4n) is 1.63. The minimum absolute atomic E-state index is 0.289. The molecule has 5 nitrogen and oxygen atoms in total. The minimum atomic E-state index is 0.289. The van der Waals surface area contributed by atoms with Gasteiger partial charge < -0.3 is 9.57 Å². The molecule has 20 heavy (non-hydrogen) atoms. The zero-order valence-electron chi connectivity index (χ0n) is 12.4. The van der Waals surface area contributed by atoms with E-state index in [4.69, 9.17) is 14.5 Å². The summed E-state index contributed by atoms with van der Waals surface area (Å²) in [5.41, 5.74) is 3.72. The molecule has 0 aromatic heterocycles. The molecular formula is C15H21NO4. The smallest absolute Gasteiger partial charge is 0.142 e. The van der Waals surface area contributed by atoms with E-state index in [1.165, 1.54) is 7.11 Å². The lowest BCUT2D eigenvalue weighted by Crippen LogP contribution is -2.02. The Hall–Kier alpha value is -1.85. The van der Waals surface area contributed by atoms with Gasteiger partial charge in [-0.15, -0.1) is 0 Å². The molecule has 0 saturated heterocycles. The first-order valence-corrected chi connectivity index (χ1v) is 6.28. The van der Waals surface area contributed by atoms with Crippen LogP contribution in [0.4, 0.5) is 0 Å². The van der Waals surface area contributed by atoms with Gasteiger partial charge in [-0.3, -0.25) is 0 Å². The third-order valence-electron chi connectivity index (χ3n) is 2.42. The second-order valence-corrected chi connectivity index (χ2v) is 4.28. The fourth-order valence-corrected chi connectivity index (χ4v) is 1.63. The van der Waals surface area contributed by atoms with E-state index in [1.807, 2.05) is 38.1 Å². The molecule has 0 amide bonds. The van der Waals surface area contributed by atoms with Crippen LogP contribution in [0.15, 0.2) is 35.7 Å². The monoisotopic (exact) mass is 279 g/mol. The Kier molecular flexibility index (Phi) is 7.39. The highest BCUT2D eigenvalue weighted by Gasteiger charge is 2.09. The number of benzene rings is 1. The largest absolute Gasteiger partial charge is 0.504 e. The normalized spacial score (nSPS) is 11.1. The number of nitrogens with zero attached hydrogens (tertiary/aromatic N) is 1. The summed E-state index contributed by atoms with van der Waals surface area (Å²) in [6, 6.07) is 7.85. The molecule has 0 saturated carbocycles. The molecule has 0 radical (unpaired) electrons. The third-order valence-corrected chi connectivity index (χ3v) is 2.42. The van der Waals surface area contributed by atoms with Gasteiger partial charge in [-0.05, 0) is 25.0 Å². The molecule has 0 aliphatic carbocycles. The van der Waals surface area contributed by atoms with Crippen LogP contribution in [-0.4, -0.2) is 26.5 Å². The molecule has 0 aliphatic rings. The lowest BCUT2D eigenvalue weighted by Gasteiger charge is -2.12. The highest BCUT2D eigenvalue weighted by atomic mass is 17.2. The highest BCUT2D eigenvalue weighted by Crippen LogP contribution is 2.21. The predicted octanol–water partition coefficient (Wildman–Crippen LogP) is 3.16. The molecule has 0 N–H and O–H groups in total. The number of rotatable bonds is 8. The zero-order chi connectivity index (χ0) is 14.8. The molecule has 0 aliphatic heterocycles. The van der Waals surface area contributed by atoms with Crippen LogP contribution in [-0.2, 0) is 26.0 Å². The minimum Gasteiger partial charge on any atom is -0.504 e. The summed E-state index contributed by atoms with van der Waals surface area (Å²) >= 11 is 0. The molecule has 110 valence electrons. The summed E-state index contributed by atoms with van der Waals surface area (Å²) in [5, 5.41) is 3.94. The second kappa shape index (κ2) is 9.12. The summed E-state index contributed by atoms with van der Waals surface area (Å²) in [6.45, 7) is 4.44. The van der Waals surface area contributed by atoms with E-state index in [0.29, 0.717) is 6.61 Å². The first-order valence-electron chi connectivity index (χ1n) is 6.28. The van der Waals surface area contributed by atoms with Gasteiger partial charge >= 0.3 is 0 Å². The van der Waals surface area contributed by atoms with Crippen molar-refractivity contribution in [2.24, 2.45) is 5.16 Å². The Balaban J connectivity index is 2.91. The molecule has 0 atom stereocenters. The quantitative estimate of drug-likeness (QED) is 0.317. The zero-order valence-corrected chi connectivity index (χ0v) is 12.4. The van der Waals surface area contributed by atoms with E-state index in [0.717, 1.165) is 22.4 Å². The number of methoxy groups -OCH3 is 1. The average Bonchev–Trinajstić information content (AvgIpc) is 2.44. The van der Waals surface area contributed by atoms with Crippen LogP contribution in [0.5, 0.6) is 0 Å². The van der Waals surface area contributed by atoms with Gasteiger partial charge in [-0.1, -0.05) is 29.4 Å². The van der Waals surface area contributed by atoms with Gasteiger partial charge in [-0.2, -0.15) is 0 Å². The van der Waals surface area contributed by atoms with Crippen molar-refractivity contribution in [1.29, 1.82) is 0 Å². The second-order valence-electron chi connectivity index (χ2n) is 4.28. The molecule has 0 heterocycles. The van der Waals surface area contributed by atoms with Gasteiger partial charge in [0.25, 0.3) is 0 Å². The van der Waals surface area contributed by atoms with Crippen molar-refractivity contribution in [2.45, 2.75) is 20.5 Å². The van der Waals surface area contributed by atoms with Crippen molar-refractivity contribution >= 4 is 11.3 Å². The van der Waals surface area contributed by atoms with Crippen LogP contribution in [0, 0.1) is 0 Å². The number of ether oxygens (including phenoxy) is 1. The Morgan fingerprint density at radius 1 is 1.20 bits per heavy atom. The van der Waals surface area contributed by atoms with Gasteiger partial charge in [0.2, 0.25) is 0 Å². The first-order chi connectivity index (χ1) is 9.69. The van der Waals surface area contributed by atoms with Gasteiger partial charge in [0.15, 0.2) is 0 Å². The Bertz CT molecular complexity index is 465. The summed E-state index contributed by atoms with van der Waals surface area (Å²) < 4.78 is 5.09. The SMILES string of the molecule is CO/C=C(/COOC)c1ccccc1CON=C(C)C. The van der Waals surface area contributed by atoms with Crippen LogP contribution in [0.2, 0.25) is 0 Å². The molecule has 1 aromatic carbocycles. The van der Waals surface area contributed by atoms with Crippen LogP contribution in [0.25, 0.3) is 5.57 Å². The average molecular weight is 279 g/mol. The maximum atomic E-state index is 5.30. The molecular weight excluding hydrogens is 258 g/mol. The predicted molar refractivity (Wildman–Crippen MR) is 78.0 cm³/mol. The lowest BCUT2D eigenvalue weighted by atomic mass is 10.0. The van der Waals surface area contributed by atoms with Crippen molar-refractivity contribution in [3.63, 3.8) is 0 Å². The number of hydrogen-bond donors (Lipinski definition) is 0. The van der Waals surface area contributed by atoms with Crippen LogP contribution >= 0.6 is 0 Å². The number of oxime groups is 1. The maximum Gasteiger partial charge on any atom is 0.142 e. The van der Waals surface area contributed by atoms with E-state index >= 15 is 0 Å². The van der Waals surface area contributed by atoms with Crippen LogP contribution in [0.3, 0.4) is 0 Å². The van der Waals surface area contributed by atoms with Gasteiger partial charge in [-0.25, -0.2) is 9.78 Å². The van der Waals surface area contributed by atoms with Gasteiger partial charge in [0.1, 0.15) is 13.2 Å². The molecule has 1 aromatic rings. The molecule has 0 fully saturated rings. The fraction of sp³-hybridized carbons (Fsp3) is 0.400. The van der Waals surface area contributed by atoms with E-state index in [1.54, 1.807) is 13.4 Å². The molecule has 0 spiro atoms. The third kappa shape index (κ3) is 5.42. The summed E-state index contributed by atoms with van der Waals surface area (Å²) in [6.07, 6.45) is 1.63. The Morgan fingerprint density at radius 2 is 1.95 bits per heavy atom. The van der Waals surface area contributed by atoms with Gasteiger partial charge in [0.05, 0.1) is 26.2 Å². The lowest BCUT2D eigenvalue weighted by molar-refractivity contribution is -0.261. The van der Waals surface area contributed by atoms with E-state index in [-0.39, 0.29) is 6.61 Å². The van der Waals surface area contributed by atoms with Crippen molar-refractivity contribution in [1.82, 2.24) is 0 Å². The molecule has 0 unspecified atom stereocenters. The van der Waals surface area contributed by atoms with Gasteiger partial charge in [0, 0.05) is 5.57 Å². The topological polar surface area (TPSA) is 49.3 Å². The molecule has 0 bridgehead atoms. The Morgan fingerprint density at radius 3 is 2.60 bits per heavy atom. The van der Waals surface area contributed by atoms with E-state index in [2.05, 4.69) is 10.0 Å². The van der Waals surface area contributed by atoms with Crippen molar-refractivity contribution in [2.75, 3.05) is 20.8 Å². The van der Waals surface area contributed by atoms with E-state index in [9.17, 15) is 0 Å². The highest BCUT2D eigenvalue weighted by molar-refractivity contribution is 5.78. The van der Waals surface area contributed by atoms with E-state index < -0.39 is 0 Å². The molecule has 1 rings (SSSR count). The number of hydrogen-bond acceptors (Lipinski definition) is 5. The standard InChI is InChI=1S/C15H21NO4/c1-12(2)16-19-10-13-7-5-6-8-15(13)14(9-17-3)11-20-18-4/h5-9H,10-11H2,1-4H3/b14-9-. The van der Waals surface area contributed by atoms with Crippen LogP contribution < -0.4 is 0 Å².